The predicted octanol–water partition coefficient (Wildman–Crippen LogP) is 5.79. The SMILES string of the molecule is COc1ccc(C(OC[C@H]2O[C@@H](n3cnc4c(=O)[nH]cnc43)[C@H](O)[C@@H]2O[Si](C)(C)C(C)(C)C)(c2ccccc2)c2ccc(OC)cc2)cc1. The lowest BCUT2D eigenvalue weighted by molar-refractivity contribution is -0.0930. The van der Waals surface area contributed by atoms with E-state index in [1.807, 2.05) is 78.9 Å². The van der Waals surface area contributed by atoms with Crippen LogP contribution >= 0.6 is 0 Å². The van der Waals surface area contributed by atoms with Gasteiger partial charge in [-0.2, -0.15) is 0 Å². The molecule has 6 rings (SSSR count). The van der Waals surface area contributed by atoms with Crippen LogP contribution in [0, 0.1) is 0 Å². The number of aromatic amines is 1. The van der Waals surface area contributed by atoms with Crippen molar-refractivity contribution in [1.82, 2.24) is 19.5 Å². The third-order valence-corrected chi connectivity index (χ3v) is 14.3. The molecule has 3 aromatic carbocycles. The summed E-state index contributed by atoms with van der Waals surface area (Å²) in [7, 11) is 0.833. The van der Waals surface area contributed by atoms with Gasteiger partial charge in [0.25, 0.3) is 5.56 Å². The lowest BCUT2D eigenvalue weighted by Gasteiger charge is -2.41. The molecule has 11 nitrogen and oxygen atoms in total. The molecule has 1 fully saturated rings. The Hall–Kier alpha value is -4.33. The number of aromatic nitrogens is 4. The fraction of sp³-hybridized carbons (Fsp3) is 0.378. The van der Waals surface area contributed by atoms with E-state index in [1.54, 1.807) is 18.8 Å². The van der Waals surface area contributed by atoms with Crippen molar-refractivity contribution in [3.8, 4) is 11.5 Å². The van der Waals surface area contributed by atoms with Gasteiger partial charge < -0.3 is 33.5 Å². The van der Waals surface area contributed by atoms with E-state index in [-0.39, 0.29) is 22.7 Å². The van der Waals surface area contributed by atoms with Gasteiger partial charge in [0.05, 0.1) is 33.5 Å². The summed E-state index contributed by atoms with van der Waals surface area (Å²) in [5, 5.41) is 11.8. The van der Waals surface area contributed by atoms with Crippen molar-refractivity contribution in [2.24, 2.45) is 0 Å². The van der Waals surface area contributed by atoms with E-state index in [0.717, 1.165) is 16.7 Å². The molecule has 12 heteroatoms. The molecule has 0 bridgehead atoms. The first kappa shape index (κ1) is 34.5. The van der Waals surface area contributed by atoms with Crippen molar-refractivity contribution >= 4 is 19.5 Å². The maximum atomic E-state index is 12.5. The Balaban J connectivity index is 1.46. The average molecular weight is 685 g/mol. The average Bonchev–Trinajstić information content (AvgIpc) is 3.66. The van der Waals surface area contributed by atoms with E-state index in [4.69, 9.17) is 23.4 Å². The lowest BCUT2D eigenvalue weighted by atomic mass is 9.80. The van der Waals surface area contributed by atoms with Crippen LogP contribution < -0.4 is 15.0 Å². The van der Waals surface area contributed by atoms with Crippen molar-refractivity contribution in [2.45, 2.75) is 69.0 Å². The van der Waals surface area contributed by atoms with Crippen LogP contribution in [0.1, 0.15) is 43.7 Å². The maximum absolute atomic E-state index is 12.5. The number of rotatable bonds is 11. The predicted molar refractivity (Wildman–Crippen MR) is 188 cm³/mol. The number of H-pyrrole nitrogens is 1. The molecule has 0 amide bonds. The molecule has 4 atom stereocenters. The molecule has 2 aromatic heterocycles. The summed E-state index contributed by atoms with van der Waals surface area (Å²) in [5.74, 6) is 1.43. The minimum absolute atomic E-state index is 0.0421. The van der Waals surface area contributed by atoms with E-state index in [0.29, 0.717) is 17.1 Å². The highest BCUT2D eigenvalue weighted by atomic mass is 28.4. The third-order valence-electron chi connectivity index (χ3n) is 9.82. The topological polar surface area (TPSA) is 130 Å². The minimum atomic E-state index is -2.44. The fourth-order valence-corrected chi connectivity index (χ4v) is 7.40. The number of hydrogen-bond donors (Lipinski definition) is 2. The molecule has 1 aliphatic heterocycles. The first-order valence-corrected chi connectivity index (χ1v) is 19.2. The van der Waals surface area contributed by atoms with Crippen LogP contribution in [0.4, 0.5) is 0 Å². The second-order valence-corrected chi connectivity index (χ2v) is 18.5. The highest BCUT2D eigenvalue weighted by Gasteiger charge is 2.52. The van der Waals surface area contributed by atoms with Crippen molar-refractivity contribution in [1.29, 1.82) is 0 Å². The third kappa shape index (κ3) is 6.42. The molecule has 0 spiro atoms. The Labute approximate surface area is 286 Å². The molecular weight excluding hydrogens is 641 g/mol. The Kier molecular flexibility index (Phi) is 9.53. The number of methoxy groups -OCH3 is 2. The lowest BCUT2D eigenvalue weighted by Crippen LogP contribution is -2.50. The smallest absolute Gasteiger partial charge is 0.278 e. The first-order chi connectivity index (χ1) is 23.4. The zero-order valence-corrected chi connectivity index (χ0v) is 29.9. The normalized spacial score (nSPS) is 20.1. The van der Waals surface area contributed by atoms with Crippen LogP contribution in [0.3, 0.4) is 0 Å². The van der Waals surface area contributed by atoms with E-state index >= 15 is 0 Å². The molecule has 258 valence electrons. The number of aliphatic hydroxyl groups is 1. The van der Waals surface area contributed by atoms with Gasteiger partial charge in [0.1, 0.15) is 35.4 Å². The van der Waals surface area contributed by atoms with E-state index in [2.05, 4.69) is 48.8 Å². The van der Waals surface area contributed by atoms with Gasteiger partial charge in [0.15, 0.2) is 25.7 Å². The van der Waals surface area contributed by atoms with Gasteiger partial charge in [-0.1, -0.05) is 75.4 Å². The van der Waals surface area contributed by atoms with Gasteiger partial charge in [-0.3, -0.25) is 9.36 Å². The Morgan fingerprint density at radius 2 is 1.45 bits per heavy atom. The van der Waals surface area contributed by atoms with Gasteiger partial charge in [-0.05, 0) is 59.1 Å². The summed E-state index contributed by atoms with van der Waals surface area (Å²) in [4.78, 5) is 23.7. The Morgan fingerprint density at radius 3 is 2.00 bits per heavy atom. The summed E-state index contributed by atoms with van der Waals surface area (Å²) >= 11 is 0. The quantitative estimate of drug-likeness (QED) is 0.131. The monoisotopic (exact) mass is 684 g/mol. The highest BCUT2D eigenvalue weighted by Crippen LogP contribution is 2.45. The molecule has 2 N–H and O–H groups in total. The fourth-order valence-electron chi connectivity index (χ4n) is 6.08. The summed E-state index contributed by atoms with van der Waals surface area (Å²) in [6, 6.07) is 25.6. The molecule has 0 unspecified atom stereocenters. The van der Waals surface area contributed by atoms with Crippen molar-refractivity contribution in [3.05, 3.63) is 119 Å². The summed E-state index contributed by atoms with van der Waals surface area (Å²) in [6.07, 6.45) is -0.744. The zero-order valence-electron chi connectivity index (χ0n) is 28.9. The minimum Gasteiger partial charge on any atom is -0.497 e. The maximum Gasteiger partial charge on any atom is 0.278 e. The van der Waals surface area contributed by atoms with E-state index in [1.165, 1.54) is 12.7 Å². The molecule has 5 aromatic rings. The number of hydrogen-bond acceptors (Lipinski definition) is 9. The van der Waals surface area contributed by atoms with Crippen LogP contribution in [-0.4, -0.2) is 72.1 Å². The van der Waals surface area contributed by atoms with Crippen molar-refractivity contribution < 1.29 is 28.5 Å². The molecule has 0 radical (unpaired) electrons. The van der Waals surface area contributed by atoms with Crippen LogP contribution in [0.25, 0.3) is 11.2 Å². The number of nitrogens with zero attached hydrogens (tertiary/aromatic N) is 3. The van der Waals surface area contributed by atoms with Crippen molar-refractivity contribution in [2.75, 3.05) is 20.8 Å². The van der Waals surface area contributed by atoms with Gasteiger partial charge in [-0.15, -0.1) is 0 Å². The van der Waals surface area contributed by atoms with E-state index in [9.17, 15) is 9.90 Å². The molecule has 3 heterocycles. The van der Waals surface area contributed by atoms with Crippen LogP contribution in [-0.2, 0) is 19.5 Å². The summed E-state index contributed by atoms with van der Waals surface area (Å²) in [6.45, 7) is 10.8. The second-order valence-electron chi connectivity index (χ2n) is 13.8. The van der Waals surface area contributed by atoms with Crippen LogP contribution in [0.5, 0.6) is 11.5 Å². The summed E-state index contributed by atoms with van der Waals surface area (Å²) < 4.78 is 33.4. The van der Waals surface area contributed by atoms with Gasteiger partial charge in [0, 0.05) is 0 Å². The molecular formula is C37H44N4O7Si. The number of imidazole rings is 1. The van der Waals surface area contributed by atoms with Gasteiger partial charge in [-0.25, -0.2) is 9.97 Å². The molecule has 1 saturated heterocycles. The summed E-state index contributed by atoms with van der Waals surface area (Å²) in [5.41, 5.74) is 1.60. The standard InChI is InChI=1S/C37H44N4O7Si/c1-36(2,3)49(6,7)48-32-29(47-35(31(32)42)41-23-40-30-33(41)38-22-39-34(30)43)21-46-37(24-11-9-8-10-12-24,25-13-17-27(44-4)18-14-25)26-15-19-28(45-5)20-16-26/h8-20,22-23,29,31-32,35,42H,21H2,1-7H3,(H,38,39,43)/t29-,31-,32-,35-/m1/s1. The largest absolute Gasteiger partial charge is 0.497 e. The number of aliphatic hydroxyl groups excluding tert-OH is 1. The first-order valence-electron chi connectivity index (χ1n) is 16.3. The number of benzene rings is 3. The Bertz CT molecular complexity index is 1870. The van der Waals surface area contributed by atoms with Gasteiger partial charge in [0.2, 0.25) is 0 Å². The molecule has 0 aliphatic carbocycles. The number of fused-ring (bicyclic) bond motifs is 1. The molecule has 49 heavy (non-hydrogen) atoms. The van der Waals surface area contributed by atoms with E-state index < -0.39 is 38.5 Å². The number of ether oxygens (including phenoxy) is 4. The molecule has 0 saturated carbocycles. The van der Waals surface area contributed by atoms with Gasteiger partial charge >= 0.3 is 0 Å². The highest BCUT2D eigenvalue weighted by molar-refractivity contribution is 6.74. The van der Waals surface area contributed by atoms with Crippen LogP contribution in [0.15, 0.2) is 96.3 Å². The Morgan fingerprint density at radius 1 is 0.878 bits per heavy atom. The van der Waals surface area contributed by atoms with Crippen LogP contribution in [0.2, 0.25) is 18.1 Å². The zero-order chi connectivity index (χ0) is 35.0. The number of nitrogens with one attached hydrogen (secondary N) is 1. The van der Waals surface area contributed by atoms with Crippen molar-refractivity contribution in [3.63, 3.8) is 0 Å². The second kappa shape index (κ2) is 13.5. The molecule has 1 aliphatic rings.